The van der Waals surface area contributed by atoms with Gasteiger partial charge in [0.15, 0.2) is 0 Å². The molecule has 18 heavy (non-hydrogen) atoms. The van der Waals surface area contributed by atoms with Crippen molar-refractivity contribution in [1.29, 1.82) is 5.41 Å². The van der Waals surface area contributed by atoms with Crippen LogP contribution in [-0.4, -0.2) is 5.84 Å². The molecule has 1 heterocycles. The molecule has 2 aromatic carbocycles. The van der Waals surface area contributed by atoms with Gasteiger partial charge in [0.05, 0.1) is 12.2 Å². The lowest BCUT2D eigenvalue weighted by molar-refractivity contribution is 0.627. The summed E-state index contributed by atoms with van der Waals surface area (Å²) in [4.78, 5) is 1.87. The van der Waals surface area contributed by atoms with Crippen molar-refractivity contribution in [2.75, 3.05) is 4.90 Å². The van der Waals surface area contributed by atoms with Gasteiger partial charge in [-0.05, 0) is 45.8 Å². The van der Waals surface area contributed by atoms with E-state index in [4.69, 9.17) is 5.41 Å². The highest BCUT2D eigenvalue weighted by Crippen LogP contribution is 2.33. The fourth-order valence-corrected chi connectivity index (χ4v) is 2.68. The van der Waals surface area contributed by atoms with E-state index in [1.807, 2.05) is 29.2 Å². The van der Waals surface area contributed by atoms with Crippen LogP contribution in [0.25, 0.3) is 0 Å². The summed E-state index contributed by atoms with van der Waals surface area (Å²) in [7, 11) is 0. The van der Waals surface area contributed by atoms with Crippen LogP contribution in [0.1, 0.15) is 11.1 Å². The van der Waals surface area contributed by atoms with Crippen LogP contribution in [0.15, 0.2) is 46.9 Å². The van der Waals surface area contributed by atoms with Gasteiger partial charge in [0.25, 0.3) is 0 Å². The smallest absolute Gasteiger partial charge is 0.133 e. The summed E-state index contributed by atoms with van der Waals surface area (Å²) in [6.45, 7) is 0.608. The molecule has 0 unspecified atom stereocenters. The van der Waals surface area contributed by atoms with E-state index < -0.39 is 0 Å². The Labute approximate surface area is 113 Å². The molecule has 2 aromatic rings. The Balaban J connectivity index is 2.05. The molecule has 0 fully saturated rings. The lowest BCUT2D eigenvalue weighted by Crippen LogP contribution is -2.23. The Kier molecular flexibility index (Phi) is 2.67. The topological polar surface area (TPSA) is 27.1 Å². The number of benzene rings is 2. The maximum absolute atomic E-state index is 13.2. The predicted octanol–water partition coefficient (Wildman–Crippen LogP) is 3.93. The maximum Gasteiger partial charge on any atom is 0.133 e. The van der Waals surface area contributed by atoms with Gasteiger partial charge in [-0.1, -0.05) is 18.2 Å². The minimum Gasteiger partial charge on any atom is -0.321 e. The van der Waals surface area contributed by atoms with Crippen molar-refractivity contribution in [1.82, 2.24) is 0 Å². The predicted molar refractivity (Wildman–Crippen MR) is 73.6 cm³/mol. The number of hydrogen-bond donors (Lipinski definition) is 1. The lowest BCUT2D eigenvalue weighted by Gasteiger charge is -2.19. The third kappa shape index (κ3) is 1.73. The molecule has 0 spiro atoms. The van der Waals surface area contributed by atoms with Gasteiger partial charge in [0.1, 0.15) is 11.7 Å². The van der Waals surface area contributed by atoms with Crippen molar-refractivity contribution < 1.29 is 4.39 Å². The van der Waals surface area contributed by atoms with Crippen molar-refractivity contribution in [2.45, 2.75) is 6.54 Å². The summed E-state index contributed by atoms with van der Waals surface area (Å²) in [6.07, 6.45) is 0. The summed E-state index contributed by atoms with van der Waals surface area (Å²) in [5, 5.41) is 8.16. The van der Waals surface area contributed by atoms with Crippen molar-refractivity contribution in [3.63, 3.8) is 0 Å². The molecule has 3 rings (SSSR count). The standard InChI is InChI=1S/C14H10BrFN2/c15-12-3-1-2-4-13(12)18-8-9-5-6-10(16)7-11(9)14(18)17/h1-7,17H,8H2. The van der Waals surface area contributed by atoms with E-state index in [1.165, 1.54) is 12.1 Å². The average molecular weight is 305 g/mol. The Morgan fingerprint density at radius 2 is 1.94 bits per heavy atom. The fourth-order valence-electron chi connectivity index (χ4n) is 2.18. The van der Waals surface area contributed by atoms with Crippen LogP contribution in [0.3, 0.4) is 0 Å². The van der Waals surface area contributed by atoms with Crippen LogP contribution in [0, 0.1) is 11.2 Å². The second kappa shape index (κ2) is 4.21. The van der Waals surface area contributed by atoms with Gasteiger partial charge in [0.2, 0.25) is 0 Å². The summed E-state index contributed by atoms with van der Waals surface area (Å²) in [6, 6.07) is 12.4. The van der Waals surface area contributed by atoms with Crippen molar-refractivity contribution in [2.24, 2.45) is 0 Å². The summed E-state index contributed by atoms with van der Waals surface area (Å²) in [5.74, 6) is 0.0453. The molecule has 0 amide bonds. The Hall–Kier alpha value is -1.68. The van der Waals surface area contributed by atoms with E-state index in [1.54, 1.807) is 6.07 Å². The molecule has 0 saturated heterocycles. The lowest BCUT2D eigenvalue weighted by atomic mass is 10.1. The van der Waals surface area contributed by atoms with E-state index in [0.717, 1.165) is 15.7 Å². The molecular weight excluding hydrogens is 295 g/mol. The number of nitrogens with one attached hydrogen (secondary N) is 1. The minimum atomic E-state index is -0.299. The average Bonchev–Trinajstić information content (AvgIpc) is 2.68. The highest BCUT2D eigenvalue weighted by Gasteiger charge is 2.26. The molecule has 1 aliphatic heterocycles. The Morgan fingerprint density at radius 1 is 1.17 bits per heavy atom. The molecule has 0 radical (unpaired) electrons. The number of nitrogens with zero attached hydrogens (tertiary/aromatic N) is 1. The molecule has 2 nitrogen and oxygen atoms in total. The molecule has 1 aliphatic rings. The monoisotopic (exact) mass is 304 g/mol. The van der Waals surface area contributed by atoms with E-state index >= 15 is 0 Å². The second-order valence-corrected chi connectivity index (χ2v) is 5.04. The normalized spacial score (nSPS) is 13.9. The zero-order valence-corrected chi connectivity index (χ0v) is 11.0. The number of hydrogen-bond acceptors (Lipinski definition) is 1. The molecule has 0 aliphatic carbocycles. The highest BCUT2D eigenvalue weighted by atomic mass is 79.9. The SMILES string of the molecule is N=C1c2cc(F)ccc2CN1c1ccccc1Br. The van der Waals surface area contributed by atoms with Crippen LogP contribution in [0.4, 0.5) is 10.1 Å². The Morgan fingerprint density at radius 3 is 2.72 bits per heavy atom. The maximum atomic E-state index is 13.2. The van der Waals surface area contributed by atoms with Crippen LogP contribution in [0.5, 0.6) is 0 Å². The number of para-hydroxylation sites is 1. The van der Waals surface area contributed by atoms with Crippen molar-refractivity contribution >= 4 is 27.5 Å². The number of anilines is 1. The molecule has 0 bridgehead atoms. The molecule has 1 N–H and O–H groups in total. The first-order valence-corrected chi connectivity index (χ1v) is 6.35. The highest BCUT2D eigenvalue weighted by molar-refractivity contribution is 9.10. The summed E-state index contributed by atoms with van der Waals surface area (Å²) in [5.41, 5.74) is 2.59. The van der Waals surface area contributed by atoms with E-state index in [9.17, 15) is 4.39 Å². The summed E-state index contributed by atoms with van der Waals surface area (Å²) >= 11 is 3.48. The van der Waals surface area contributed by atoms with Gasteiger partial charge < -0.3 is 4.90 Å². The fraction of sp³-hybridized carbons (Fsp3) is 0.0714. The zero-order valence-electron chi connectivity index (χ0n) is 9.45. The van der Waals surface area contributed by atoms with Crippen molar-refractivity contribution in [3.8, 4) is 0 Å². The van der Waals surface area contributed by atoms with Gasteiger partial charge in [-0.2, -0.15) is 0 Å². The summed E-state index contributed by atoms with van der Waals surface area (Å²) < 4.78 is 14.2. The van der Waals surface area contributed by atoms with E-state index in [0.29, 0.717) is 17.9 Å². The number of fused-ring (bicyclic) bond motifs is 1. The largest absolute Gasteiger partial charge is 0.321 e. The van der Waals surface area contributed by atoms with Gasteiger partial charge in [-0.3, -0.25) is 5.41 Å². The minimum absolute atomic E-state index is 0.299. The van der Waals surface area contributed by atoms with Crippen LogP contribution < -0.4 is 4.90 Å². The third-order valence-electron chi connectivity index (χ3n) is 3.07. The first kappa shape index (κ1) is 11.4. The van der Waals surface area contributed by atoms with Crippen LogP contribution in [-0.2, 0) is 6.54 Å². The van der Waals surface area contributed by atoms with Gasteiger partial charge in [-0.25, -0.2) is 4.39 Å². The van der Waals surface area contributed by atoms with E-state index in [-0.39, 0.29) is 5.82 Å². The van der Waals surface area contributed by atoms with Gasteiger partial charge in [-0.15, -0.1) is 0 Å². The first-order valence-electron chi connectivity index (χ1n) is 5.56. The number of rotatable bonds is 1. The quantitative estimate of drug-likeness (QED) is 0.849. The van der Waals surface area contributed by atoms with E-state index in [2.05, 4.69) is 15.9 Å². The molecule has 0 saturated carbocycles. The third-order valence-corrected chi connectivity index (χ3v) is 3.74. The molecule has 4 heteroatoms. The number of amidine groups is 1. The molecule has 0 atom stereocenters. The van der Waals surface area contributed by atoms with Crippen molar-refractivity contribution in [3.05, 3.63) is 63.9 Å². The van der Waals surface area contributed by atoms with Crippen LogP contribution >= 0.6 is 15.9 Å². The molecule has 90 valence electrons. The molecular formula is C14H10BrFN2. The zero-order chi connectivity index (χ0) is 12.7. The first-order chi connectivity index (χ1) is 8.66. The Bertz CT molecular complexity index is 639. The van der Waals surface area contributed by atoms with Gasteiger partial charge >= 0.3 is 0 Å². The van der Waals surface area contributed by atoms with Crippen LogP contribution in [0.2, 0.25) is 0 Å². The molecule has 0 aromatic heterocycles. The number of halogens is 2. The van der Waals surface area contributed by atoms with Gasteiger partial charge in [0, 0.05) is 10.0 Å². The second-order valence-electron chi connectivity index (χ2n) is 4.19.